The van der Waals surface area contributed by atoms with E-state index in [9.17, 15) is 4.39 Å². The maximum atomic E-state index is 14.2. The third kappa shape index (κ3) is 4.87. The molecule has 1 atom stereocenters. The van der Waals surface area contributed by atoms with E-state index < -0.39 is 5.82 Å². The Morgan fingerprint density at radius 3 is 2.41 bits per heavy atom. The first-order valence-electron chi connectivity index (χ1n) is 10.5. The number of hydrazone groups is 1. The van der Waals surface area contributed by atoms with Gasteiger partial charge in [-0.25, -0.2) is 14.4 Å². The molecular formula is C26H22BrClFN3OS. The molecule has 1 aliphatic heterocycles. The molecule has 8 heteroatoms. The van der Waals surface area contributed by atoms with E-state index in [1.54, 1.807) is 6.07 Å². The van der Waals surface area contributed by atoms with Gasteiger partial charge in [-0.15, -0.1) is 28.3 Å². The molecule has 174 valence electrons. The third-order valence-electron chi connectivity index (χ3n) is 5.69. The van der Waals surface area contributed by atoms with Crippen LogP contribution in [0.25, 0.3) is 11.3 Å². The molecule has 0 fully saturated rings. The molecule has 0 radical (unpaired) electrons. The van der Waals surface area contributed by atoms with Gasteiger partial charge in [0, 0.05) is 22.4 Å². The number of benzene rings is 3. The summed E-state index contributed by atoms with van der Waals surface area (Å²) in [7, 11) is 1.45. The summed E-state index contributed by atoms with van der Waals surface area (Å²) < 4.78 is 19.3. The van der Waals surface area contributed by atoms with Crippen LogP contribution in [0.4, 0.5) is 9.52 Å². The van der Waals surface area contributed by atoms with Crippen molar-refractivity contribution in [3.8, 4) is 17.0 Å². The number of methoxy groups -OCH3 is 1. The van der Waals surface area contributed by atoms with Crippen molar-refractivity contribution >= 4 is 50.8 Å². The van der Waals surface area contributed by atoms with E-state index >= 15 is 0 Å². The summed E-state index contributed by atoms with van der Waals surface area (Å²) in [4.78, 5) is 4.80. The Hall–Kier alpha value is -2.74. The lowest BCUT2D eigenvalue weighted by Crippen LogP contribution is -2.18. The molecule has 2 heterocycles. The first kappa shape index (κ1) is 24.4. The molecule has 0 saturated carbocycles. The quantitative estimate of drug-likeness (QED) is 0.250. The van der Waals surface area contributed by atoms with E-state index in [1.807, 2.05) is 40.7 Å². The molecule has 3 aromatic carbocycles. The minimum atomic E-state index is -0.413. The van der Waals surface area contributed by atoms with Crippen LogP contribution in [0.1, 0.15) is 29.2 Å². The number of hydrogen-bond donors (Lipinski definition) is 0. The summed E-state index contributed by atoms with van der Waals surface area (Å²) >= 11 is 7.61. The molecule has 0 spiro atoms. The van der Waals surface area contributed by atoms with Crippen molar-refractivity contribution in [1.82, 2.24) is 4.98 Å². The molecule has 1 aliphatic rings. The molecule has 4 aromatic rings. The summed E-state index contributed by atoms with van der Waals surface area (Å²) in [5.41, 5.74) is 5.81. The molecular weight excluding hydrogens is 537 g/mol. The van der Waals surface area contributed by atoms with Gasteiger partial charge in [-0.2, -0.15) is 5.10 Å². The van der Waals surface area contributed by atoms with Crippen LogP contribution in [-0.4, -0.2) is 17.8 Å². The fourth-order valence-electron chi connectivity index (χ4n) is 3.88. The fourth-order valence-corrected chi connectivity index (χ4v) is 4.84. The van der Waals surface area contributed by atoms with Crippen molar-refractivity contribution in [2.75, 3.05) is 12.1 Å². The van der Waals surface area contributed by atoms with Crippen LogP contribution in [-0.2, 0) is 0 Å². The van der Waals surface area contributed by atoms with Crippen molar-refractivity contribution in [1.29, 1.82) is 0 Å². The summed E-state index contributed by atoms with van der Waals surface area (Å²) in [6.07, 6.45) is 0.747. The zero-order chi connectivity index (χ0) is 22.9. The molecule has 5 rings (SSSR count). The van der Waals surface area contributed by atoms with Crippen molar-refractivity contribution < 1.29 is 9.13 Å². The average Bonchev–Trinajstić information content (AvgIpc) is 3.48. The molecule has 1 aromatic heterocycles. The lowest BCUT2D eigenvalue weighted by molar-refractivity contribution is 0.386. The Morgan fingerprint density at radius 1 is 1.03 bits per heavy atom. The molecule has 0 bridgehead atoms. The monoisotopic (exact) mass is 557 g/mol. The number of rotatable bonds is 5. The summed E-state index contributed by atoms with van der Waals surface area (Å²) in [6.45, 7) is 2.07. The van der Waals surface area contributed by atoms with Crippen molar-refractivity contribution in [3.63, 3.8) is 0 Å². The number of ether oxygens (including phenoxy) is 1. The van der Waals surface area contributed by atoms with Gasteiger partial charge in [-0.05, 0) is 48.4 Å². The standard InChI is InChI=1S/C26H21ClFN3OS.BrH/c1-16-3-5-17(6-4-16)22-14-24(18-7-10-20(27)11-8-18)31(30-22)26-29-23(15-33-26)19-9-12-25(32-2)21(28)13-19;/h3-13,15,24H,14H2,1-2H3;1H. The zero-order valence-corrected chi connectivity index (χ0v) is 21.8. The fraction of sp³-hybridized carbons (Fsp3) is 0.154. The van der Waals surface area contributed by atoms with Crippen molar-refractivity contribution in [2.45, 2.75) is 19.4 Å². The van der Waals surface area contributed by atoms with Crippen LogP contribution in [0, 0.1) is 12.7 Å². The second kappa shape index (κ2) is 10.3. The number of thiazole rings is 1. The minimum Gasteiger partial charge on any atom is -0.494 e. The number of nitrogens with zero attached hydrogens (tertiary/aromatic N) is 3. The van der Waals surface area contributed by atoms with Crippen LogP contribution < -0.4 is 9.75 Å². The summed E-state index contributed by atoms with van der Waals surface area (Å²) in [6, 6.07) is 21.1. The minimum absolute atomic E-state index is 0. The number of halogens is 3. The van der Waals surface area contributed by atoms with Gasteiger partial charge in [0.05, 0.1) is 24.6 Å². The first-order valence-corrected chi connectivity index (χ1v) is 11.8. The zero-order valence-electron chi connectivity index (χ0n) is 18.5. The maximum Gasteiger partial charge on any atom is 0.207 e. The Labute approximate surface area is 217 Å². The molecule has 0 saturated heterocycles. The molecule has 0 amide bonds. The number of aromatic nitrogens is 1. The lowest BCUT2D eigenvalue weighted by atomic mass is 9.98. The number of aryl methyl sites for hydroxylation is 1. The summed E-state index contributed by atoms with van der Waals surface area (Å²) in [5.74, 6) is -0.201. The SMILES string of the molecule is Br.COc1ccc(-c2csc(N3N=C(c4ccc(C)cc4)CC3c3ccc(Cl)cc3)n2)cc1F. The molecule has 4 nitrogen and oxygen atoms in total. The largest absolute Gasteiger partial charge is 0.494 e. The Balaban J connectivity index is 0.00000274. The normalized spacial score (nSPS) is 15.1. The number of hydrogen-bond acceptors (Lipinski definition) is 5. The highest BCUT2D eigenvalue weighted by Gasteiger charge is 2.31. The van der Waals surface area contributed by atoms with Gasteiger partial charge in [0.15, 0.2) is 11.6 Å². The van der Waals surface area contributed by atoms with Crippen LogP contribution in [0.3, 0.4) is 0 Å². The molecule has 0 aliphatic carbocycles. The van der Waals surface area contributed by atoms with Crippen LogP contribution in [0.2, 0.25) is 5.02 Å². The highest BCUT2D eigenvalue weighted by molar-refractivity contribution is 8.93. The third-order valence-corrected chi connectivity index (χ3v) is 6.77. The van der Waals surface area contributed by atoms with Gasteiger partial charge in [-0.1, -0.05) is 53.6 Å². The number of anilines is 1. The summed E-state index contributed by atoms with van der Waals surface area (Å²) in [5, 5.41) is 10.3. The highest BCUT2D eigenvalue weighted by atomic mass is 79.9. The van der Waals surface area contributed by atoms with Crippen LogP contribution >= 0.6 is 39.9 Å². The smallest absolute Gasteiger partial charge is 0.207 e. The van der Waals surface area contributed by atoms with E-state index in [1.165, 1.54) is 30.1 Å². The van der Waals surface area contributed by atoms with E-state index in [4.69, 9.17) is 26.4 Å². The van der Waals surface area contributed by atoms with E-state index in [2.05, 4.69) is 31.2 Å². The van der Waals surface area contributed by atoms with Crippen molar-refractivity contribution in [2.24, 2.45) is 5.10 Å². The predicted molar refractivity (Wildman–Crippen MR) is 143 cm³/mol. The highest BCUT2D eigenvalue weighted by Crippen LogP contribution is 2.40. The van der Waals surface area contributed by atoms with Gasteiger partial charge >= 0.3 is 0 Å². The maximum absolute atomic E-state index is 14.2. The van der Waals surface area contributed by atoms with Crippen LogP contribution in [0.15, 0.2) is 77.2 Å². The van der Waals surface area contributed by atoms with Gasteiger partial charge in [-0.3, -0.25) is 0 Å². The van der Waals surface area contributed by atoms with Gasteiger partial charge in [0.25, 0.3) is 0 Å². The van der Waals surface area contributed by atoms with Crippen molar-refractivity contribution in [3.05, 3.63) is 99.6 Å². The van der Waals surface area contributed by atoms with Gasteiger partial charge < -0.3 is 4.74 Å². The van der Waals surface area contributed by atoms with Crippen LogP contribution in [0.5, 0.6) is 5.75 Å². The van der Waals surface area contributed by atoms with Gasteiger partial charge in [0.2, 0.25) is 5.13 Å². The van der Waals surface area contributed by atoms with E-state index in [0.29, 0.717) is 16.3 Å². The van der Waals surface area contributed by atoms with Gasteiger partial charge in [0.1, 0.15) is 0 Å². The van der Waals surface area contributed by atoms with E-state index in [-0.39, 0.29) is 28.8 Å². The molecule has 1 unspecified atom stereocenters. The first-order chi connectivity index (χ1) is 16.0. The molecule has 34 heavy (non-hydrogen) atoms. The predicted octanol–water partition coefficient (Wildman–Crippen LogP) is 7.85. The molecule has 0 N–H and O–H groups in total. The second-order valence-electron chi connectivity index (χ2n) is 7.89. The Bertz CT molecular complexity index is 1320. The Morgan fingerprint density at radius 2 is 1.74 bits per heavy atom. The lowest BCUT2D eigenvalue weighted by Gasteiger charge is -2.21. The van der Waals surface area contributed by atoms with E-state index in [0.717, 1.165) is 28.4 Å². The second-order valence-corrected chi connectivity index (χ2v) is 9.17. The Kier molecular flexibility index (Phi) is 7.36. The average molecular weight is 559 g/mol. The topological polar surface area (TPSA) is 37.7 Å².